The fourth-order valence-corrected chi connectivity index (χ4v) is 2.57. The van der Waals surface area contributed by atoms with Crippen LogP contribution in [-0.4, -0.2) is 22.0 Å². The van der Waals surface area contributed by atoms with Gasteiger partial charge in [-0.3, -0.25) is 10.1 Å². The number of methoxy groups -OCH3 is 1. The third kappa shape index (κ3) is 4.12. The van der Waals surface area contributed by atoms with Gasteiger partial charge in [0.25, 0.3) is 0 Å². The summed E-state index contributed by atoms with van der Waals surface area (Å²) in [6, 6.07) is 14.8. The zero-order valence-electron chi connectivity index (χ0n) is 15.0. The molecule has 0 spiro atoms. The number of anilines is 4. The van der Waals surface area contributed by atoms with Gasteiger partial charge in [0.1, 0.15) is 12.1 Å². The number of nitrogens with one attached hydrogen (secondary N) is 2. The Labute approximate surface area is 156 Å². The van der Waals surface area contributed by atoms with Crippen molar-refractivity contribution < 1.29 is 9.66 Å². The summed E-state index contributed by atoms with van der Waals surface area (Å²) >= 11 is 0. The molecule has 0 aliphatic rings. The van der Waals surface area contributed by atoms with Gasteiger partial charge >= 0.3 is 5.69 Å². The van der Waals surface area contributed by atoms with Crippen molar-refractivity contribution in [3.63, 3.8) is 0 Å². The van der Waals surface area contributed by atoms with Gasteiger partial charge < -0.3 is 15.4 Å². The van der Waals surface area contributed by atoms with E-state index in [0.29, 0.717) is 17.1 Å². The molecule has 0 saturated heterocycles. The first-order valence-electron chi connectivity index (χ1n) is 8.37. The number of benzene rings is 2. The number of aryl methyl sites for hydroxylation is 1. The fourth-order valence-electron chi connectivity index (χ4n) is 2.57. The Bertz CT molecular complexity index is 944. The Hall–Kier alpha value is -3.68. The molecule has 0 unspecified atom stereocenters. The van der Waals surface area contributed by atoms with Crippen LogP contribution in [0.15, 0.2) is 54.9 Å². The van der Waals surface area contributed by atoms with E-state index in [1.54, 1.807) is 18.2 Å². The molecule has 0 aliphatic heterocycles. The highest BCUT2D eigenvalue weighted by molar-refractivity contribution is 5.78. The van der Waals surface area contributed by atoms with E-state index in [4.69, 9.17) is 4.74 Å². The van der Waals surface area contributed by atoms with Gasteiger partial charge in [-0.1, -0.05) is 31.2 Å². The van der Waals surface area contributed by atoms with E-state index in [2.05, 4.69) is 27.5 Å². The van der Waals surface area contributed by atoms with E-state index in [-0.39, 0.29) is 17.3 Å². The lowest BCUT2D eigenvalue weighted by atomic mass is 10.1. The number of ether oxygens (including phenoxy) is 1. The molecule has 8 nitrogen and oxygen atoms in total. The van der Waals surface area contributed by atoms with Crippen molar-refractivity contribution in [1.29, 1.82) is 0 Å². The second-order valence-electron chi connectivity index (χ2n) is 5.68. The van der Waals surface area contributed by atoms with E-state index in [9.17, 15) is 10.1 Å². The van der Waals surface area contributed by atoms with Crippen molar-refractivity contribution in [3.05, 3.63) is 70.5 Å². The van der Waals surface area contributed by atoms with Gasteiger partial charge in [0.2, 0.25) is 11.6 Å². The monoisotopic (exact) mass is 365 g/mol. The van der Waals surface area contributed by atoms with E-state index < -0.39 is 4.92 Å². The van der Waals surface area contributed by atoms with E-state index in [1.807, 2.05) is 30.3 Å². The Morgan fingerprint density at radius 3 is 2.33 bits per heavy atom. The van der Waals surface area contributed by atoms with Crippen LogP contribution in [0.25, 0.3) is 0 Å². The lowest BCUT2D eigenvalue weighted by Gasteiger charge is -2.12. The first-order valence-corrected chi connectivity index (χ1v) is 8.37. The normalized spacial score (nSPS) is 10.3. The number of nitrogens with zero attached hydrogens (tertiary/aromatic N) is 3. The number of hydrogen-bond donors (Lipinski definition) is 2. The first kappa shape index (κ1) is 18.1. The zero-order chi connectivity index (χ0) is 19.2. The minimum atomic E-state index is -0.513. The molecule has 2 aromatic carbocycles. The largest absolute Gasteiger partial charge is 0.495 e. The van der Waals surface area contributed by atoms with Crippen molar-refractivity contribution in [2.75, 3.05) is 17.7 Å². The molecule has 0 aliphatic carbocycles. The molecule has 0 amide bonds. The molecule has 3 aromatic rings. The molecule has 138 valence electrons. The second-order valence-corrected chi connectivity index (χ2v) is 5.68. The summed E-state index contributed by atoms with van der Waals surface area (Å²) in [4.78, 5) is 19.3. The summed E-state index contributed by atoms with van der Waals surface area (Å²) in [6.45, 7) is 2.06. The number of nitro groups is 1. The average Bonchev–Trinajstić information content (AvgIpc) is 2.69. The standard InChI is InChI=1S/C19H19N5O3/c1-3-13-8-10-14(11-9-13)22-18-17(24(25)26)19(21-12-20-18)23-15-6-4-5-7-16(15)27-2/h4-12H,3H2,1-2H3,(H2,20,21,22,23). The molecule has 8 heteroatoms. The van der Waals surface area contributed by atoms with Gasteiger partial charge in [-0.2, -0.15) is 0 Å². The predicted molar refractivity (Wildman–Crippen MR) is 104 cm³/mol. The van der Waals surface area contributed by atoms with E-state index >= 15 is 0 Å². The van der Waals surface area contributed by atoms with Gasteiger partial charge in [0, 0.05) is 5.69 Å². The number of rotatable bonds is 7. The van der Waals surface area contributed by atoms with E-state index in [0.717, 1.165) is 6.42 Å². The molecule has 0 atom stereocenters. The van der Waals surface area contributed by atoms with Crippen LogP contribution in [0.1, 0.15) is 12.5 Å². The highest BCUT2D eigenvalue weighted by atomic mass is 16.6. The van der Waals surface area contributed by atoms with Gasteiger partial charge in [-0.05, 0) is 36.2 Å². The van der Waals surface area contributed by atoms with Crippen LogP contribution in [0, 0.1) is 10.1 Å². The SMILES string of the molecule is CCc1ccc(Nc2ncnc(Nc3ccccc3OC)c2[N+](=O)[O-])cc1. The van der Waals surface area contributed by atoms with E-state index in [1.165, 1.54) is 19.0 Å². The number of aromatic nitrogens is 2. The van der Waals surface area contributed by atoms with Gasteiger partial charge in [-0.25, -0.2) is 9.97 Å². The molecule has 3 rings (SSSR count). The molecular formula is C19H19N5O3. The highest BCUT2D eigenvalue weighted by Crippen LogP contribution is 2.35. The number of hydrogen-bond acceptors (Lipinski definition) is 7. The van der Waals surface area contributed by atoms with Crippen LogP contribution < -0.4 is 15.4 Å². The fraction of sp³-hybridized carbons (Fsp3) is 0.158. The topological polar surface area (TPSA) is 102 Å². The molecule has 0 fully saturated rings. The van der Waals surface area contributed by atoms with Crippen LogP contribution in [0.4, 0.5) is 28.7 Å². The van der Waals surface area contributed by atoms with Crippen molar-refractivity contribution in [1.82, 2.24) is 9.97 Å². The third-order valence-electron chi connectivity index (χ3n) is 3.99. The lowest BCUT2D eigenvalue weighted by molar-refractivity contribution is -0.383. The molecule has 1 heterocycles. The molecule has 2 N–H and O–H groups in total. The Morgan fingerprint density at radius 2 is 1.70 bits per heavy atom. The van der Waals surface area contributed by atoms with Crippen LogP contribution in [0.3, 0.4) is 0 Å². The van der Waals surface area contributed by atoms with Gasteiger partial charge in [0.05, 0.1) is 17.7 Å². The lowest BCUT2D eigenvalue weighted by Crippen LogP contribution is -2.06. The molecular weight excluding hydrogens is 346 g/mol. The summed E-state index contributed by atoms with van der Waals surface area (Å²) in [6.07, 6.45) is 2.19. The molecule has 0 bridgehead atoms. The highest BCUT2D eigenvalue weighted by Gasteiger charge is 2.24. The minimum Gasteiger partial charge on any atom is -0.495 e. The van der Waals surface area contributed by atoms with Crippen molar-refractivity contribution in [2.24, 2.45) is 0 Å². The van der Waals surface area contributed by atoms with Gasteiger partial charge in [0.15, 0.2) is 0 Å². The Kier molecular flexibility index (Phi) is 5.46. The first-order chi connectivity index (χ1) is 13.1. The average molecular weight is 365 g/mol. The quantitative estimate of drug-likeness (QED) is 0.471. The minimum absolute atomic E-state index is 0.0761. The summed E-state index contributed by atoms with van der Waals surface area (Å²) in [5, 5.41) is 17.6. The third-order valence-corrected chi connectivity index (χ3v) is 3.99. The maximum atomic E-state index is 11.7. The molecule has 0 radical (unpaired) electrons. The summed E-state index contributed by atoms with van der Waals surface area (Å²) < 4.78 is 5.27. The zero-order valence-corrected chi connectivity index (χ0v) is 15.0. The predicted octanol–water partition coefficient (Wildman–Crippen LogP) is 4.44. The smallest absolute Gasteiger partial charge is 0.353 e. The molecule has 0 saturated carbocycles. The maximum Gasteiger partial charge on any atom is 0.353 e. The Morgan fingerprint density at radius 1 is 1.04 bits per heavy atom. The summed E-state index contributed by atoms with van der Waals surface area (Å²) in [7, 11) is 1.53. The van der Waals surface area contributed by atoms with Crippen LogP contribution in [-0.2, 0) is 6.42 Å². The second kappa shape index (κ2) is 8.13. The molecule has 27 heavy (non-hydrogen) atoms. The Balaban J connectivity index is 1.95. The van der Waals surface area contributed by atoms with Crippen molar-refractivity contribution in [3.8, 4) is 5.75 Å². The van der Waals surface area contributed by atoms with Gasteiger partial charge in [-0.15, -0.1) is 0 Å². The summed E-state index contributed by atoms with van der Waals surface area (Å²) in [5.74, 6) is 0.735. The summed E-state index contributed by atoms with van der Waals surface area (Å²) in [5.41, 5.74) is 2.21. The van der Waals surface area contributed by atoms with Crippen molar-refractivity contribution >= 4 is 28.7 Å². The molecule has 1 aromatic heterocycles. The maximum absolute atomic E-state index is 11.7. The number of para-hydroxylation sites is 2. The van der Waals surface area contributed by atoms with Crippen LogP contribution in [0.2, 0.25) is 0 Å². The van der Waals surface area contributed by atoms with Crippen LogP contribution >= 0.6 is 0 Å². The van der Waals surface area contributed by atoms with Crippen molar-refractivity contribution in [2.45, 2.75) is 13.3 Å². The van der Waals surface area contributed by atoms with Crippen LogP contribution in [0.5, 0.6) is 5.75 Å².